The highest BCUT2D eigenvalue weighted by molar-refractivity contribution is 7.99. The molecule has 0 aliphatic heterocycles. The fourth-order valence-corrected chi connectivity index (χ4v) is 3.06. The number of hydrogen-bond donors (Lipinski definition) is 2. The van der Waals surface area contributed by atoms with E-state index in [4.69, 9.17) is 5.26 Å². The Balaban J connectivity index is 1.67. The van der Waals surface area contributed by atoms with E-state index in [9.17, 15) is 9.90 Å². The van der Waals surface area contributed by atoms with Gasteiger partial charge in [0.2, 0.25) is 0 Å². The van der Waals surface area contributed by atoms with Gasteiger partial charge in [-0.25, -0.2) is 9.89 Å². The average Bonchev–Trinajstić information content (AvgIpc) is 3.28. The molecule has 1 aromatic heterocycles. The molecule has 1 heterocycles. The van der Waals surface area contributed by atoms with Crippen LogP contribution < -0.4 is 5.69 Å². The number of aromatic amines is 1. The molecule has 0 amide bonds. The molecule has 21 heavy (non-hydrogen) atoms. The highest BCUT2D eigenvalue weighted by Gasteiger charge is 2.28. The second-order valence-corrected chi connectivity index (χ2v) is 5.96. The molecule has 0 bridgehead atoms. The van der Waals surface area contributed by atoms with Crippen molar-refractivity contribution in [3.63, 3.8) is 0 Å². The van der Waals surface area contributed by atoms with Crippen molar-refractivity contribution in [3.8, 4) is 6.07 Å². The molecule has 1 fully saturated rings. The van der Waals surface area contributed by atoms with Gasteiger partial charge in [-0.2, -0.15) is 5.26 Å². The highest BCUT2D eigenvalue weighted by Crippen LogP contribution is 2.36. The summed E-state index contributed by atoms with van der Waals surface area (Å²) in [6, 6.07) is 9.13. The van der Waals surface area contributed by atoms with E-state index >= 15 is 0 Å². The topological polar surface area (TPSA) is 94.7 Å². The third kappa shape index (κ3) is 3.01. The maximum absolute atomic E-state index is 11.6. The molecular formula is C14H14N4O2S. The minimum atomic E-state index is -0.665. The molecule has 1 saturated carbocycles. The molecule has 0 radical (unpaired) electrons. The Morgan fingerprint density at radius 2 is 2.19 bits per heavy atom. The summed E-state index contributed by atoms with van der Waals surface area (Å²) in [5.41, 5.74) is 1.12. The lowest BCUT2D eigenvalue weighted by atomic mass is 10.1. The second kappa shape index (κ2) is 5.76. The fourth-order valence-electron chi connectivity index (χ4n) is 2.08. The fraction of sp³-hybridized carbons (Fsp3) is 0.357. The predicted octanol–water partition coefficient (Wildman–Crippen LogP) is 1.60. The Morgan fingerprint density at radius 1 is 1.48 bits per heavy atom. The summed E-state index contributed by atoms with van der Waals surface area (Å²) in [5, 5.41) is 26.0. The number of benzene rings is 1. The summed E-state index contributed by atoms with van der Waals surface area (Å²) in [5.74, 6) is 0.406. The normalized spacial score (nSPS) is 15.6. The molecular weight excluding hydrogens is 288 g/mol. The first-order valence-electron chi connectivity index (χ1n) is 6.67. The number of aliphatic hydroxyl groups excluding tert-OH is 1. The van der Waals surface area contributed by atoms with Gasteiger partial charge < -0.3 is 5.11 Å². The van der Waals surface area contributed by atoms with Crippen LogP contribution in [0.25, 0.3) is 0 Å². The molecule has 1 aliphatic carbocycles. The Bertz CT molecular complexity index is 725. The predicted molar refractivity (Wildman–Crippen MR) is 78.0 cm³/mol. The molecule has 1 aliphatic rings. The summed E-state index contributed by atoms with van der Waals surface area (Å²) in [6.07, 6.45) is 1.35. The molecule has 2 aromatic rings. The van der Waals surface area contributed by atoms with Crippen molar-refractivity contribution in [3.05, 3.63) is 45.9 Å². The van der Waals surface area contributed by atoms with E-state index in [0.717, 1.165) is 18.4 Å². The molecule has 0 spiro atoms. The van der Waals surface area contributed by atoms with Gasteiger partial charge in [0.1, 0.15) is 0 Å². The van der Waals surface area contributed by atoms with Crippen molar-refractivity contribution < 1.29 is 5.11 Å². The molecule has 1 aromatic carbocycles. The van der Waals surface area contributed by atoms with Crippen LogP contribution in [0.4, 0.5) is 0 Å². The molecule has 6 nitrogen and oxygen atoms in total. The Kier molecular flexibility index (Phi) is 3.82. The maximum atomic E-state index is 11.6. The number of nitriles is 1. The van der Waals surface area contributed by atoms with Gasteiger partial charge in [0.15, 0.2) is 5.16 Å². The van der Waals surface area contributed by atoms with Crippen LogP contribution in [0.5, 0.6) is 0 Å². The van der Waals surface area contributed by atoms with Crippen LogP contribution in [0, 0.1) is 11.3 Å². The van der Waals surface area contributed by atoms with E-state index in [1.165, 1.54) is 11.8 Å². The Hall–Kier alpha value is -2.04. The van der Waals surface area contributed by atoms with Gasteiger partial charge in [-0.15, -0.1) is 5.10 Å². The van der Waals surface area contributed by atoms with E-state index in [-0.39, 0.29) is 11.7 Å². The van der Waals surface area contributed by atoms with Crippen molar-refractivity contribution in [1.82, 2.24) is 14.8 Å². The van der Waals surface area contributed by atoms with Gasteiger partial charge in [0, 0.05) is 11.8 Å². The lowest BCUT2D eigenvalue weighted by Gasteiger charge is -2.10. The van der Waals surface area contributed by atoms with E-state index in [2.05, 4.69) is 10.2 Å². The van der Waals surface area contributed by atoms with Crippen molar-refractivity contribution in [1.29, 1.82) is 5.26 Å². The number of aliphatic hydroxyl groups is 1. The van der Waals surface area contributed by atoms with Crippen LogP contribution in [0.15, 0.2) is 34.2 Å². The number of nitrogens with one attached hydrogen (secondary N) is 1. The van der Waals surface area contributed by atoms with Crippen LogP contribution in [0.1, 0.15) is 36.1 Å². The molecule has 108 valence electrons. The Morgan fingerprint density at radius 3 is 2.81 bits per heavy atom. The number of aromatic nitrogens is 3. The van der Waals surface area contributed by atoms with Crippen LogP contribution in [-0.4, -0.2) is 25.6 Å². The lowest BCUT2D eigenvalue weighted by Crippen LogP contribution is -2.16. The van der Waals surface area contributed by atoms with Gasteiger partial charge in [-0.05, 0) is 30.5 Å². The van der Waals surface area contributed by atoms with Gasteiger partial charge >= 0.3 is 5.69 Å². The molecule has 2 N–H and O–H groups in total. The van der Waals surface area contributed by atoms with Crippen LogP contribution >= 0.6 is 11.8 Å². The summed E-state index contributed by atoms with van der Waals surface area (Å²) in [6.45, 7) is 0. The third-order valence-corrected chi connectivity index (χ3v) is 4.41. The van der Waals surface area contributed by atoms with Gasteiger partial charge in [-0.1, -0.05) is 23.9 Å². The van der Waals surface area contributed by atoms with E-state index in [0.29, 0.717) is 16.5 Å². The molecule has 1 atom stereocenters. The maximum Gasteiger partial charge on any atom is 0.344 e. The number of H-pyrrole nitrogens is 1. The van der Waals surface area contributed by atoms with Gasteiger partial charge in [-0.3, -0.25) is 4.57 Å². The first-order chi connectivity index (χ1) is 10.2. The summed E-state index contributed by atoms with van der Waals surface area (Å²) < 4.78 is 1.66. The van der Waals surface area contributed by atoms with Gasteiger partial charge in [0.25, 0.3) is 0 Å². The van der Waals surface area contributed by atoms with Crippen molar-refractivity contribution >= 4 is 11.8 Å². The summed E-state index contributed by atoms with van der Waals surface area (Å²) in [7, 11) is 0. The molecule has 7 heteroatoms. The smallest absolute Gasteiger partial charge is 0.344 e. The number of rotatable bonds is 5. The summed E-state index contributed by atoms with van der Waals surface area (Å²) >= 11 is 1.35. The molecule has 0 saturated heterocycles. The monoisotopic (exact) mass is 302 g/mol. The standard InChI is InChI=1S/C14H14N4O2S/c15-7-9-1-3-10(4-2-9)12(19)8-21-14-17-16-13(20)18(14)11-5-6-11/h1-4,11-12,19H,5-6,8H2,(H,16,20). The third-order valence-electron chi connectivity index (χ3n) is 3.38. The first-order valence-corrected chi connectivity index (χ1v) is 7.65. The van der Waals surface area contributed by atoms with E-state index in [1.54, 1.807) is 28.8 Å². The number of nitrogens with zero attached hydrogens (tertiary/aromatic N) is 3. The summed E-state index contributed by atoms with van der Waals surface area (Å²) in [4.78, 5) is 11.6. The van der Waals surface area contributed by atoms with Crippen LogP contribution in [-0.2, 0) is 0 Å². The minimum absolute atomic E-state index is 0.187. The average molecular weight is 302 g/mol. The van der Waals surface area contributed by atoms with Crippen molar-refractivity contribution in [2.45, 2.75) is 30.1 Å². The van der Waals surface area contributed by atoms with Gasteiger partial charge in [0.05, 0.1) is 17.7 Å². The number of hydrogen-bond acceptors (Lipinski definition) is 5. The van der Waals surface area contributed by atoms with Crippen LogP contribution in [0.3, 0.4) is 0 Å². The highest BCUT2D eigenvalue weighted by atomic mass is 32.2. The minimum Gasteiger partial charge on any atom is -0.388 e. The zero-order chi connectivity index (χ0) is 14.8. The molecule has 1 unspecified atom stereocenters. The number of thioether (sulfide) groups is 1. The zero-order valence-electron chi connectivity index (χ0n) is 11.2. The van der Waals surface area contributed by atoms with E-state index < -0.39 is 6.10 Å². The Labute approximate surface area is 125 Å². The lowest BCUT2D eigenvalue weighted by molar-refractivity contribution is 0.204. The van der Waals surface area contributed by atoms with Crippen molar-refractivity contribution in [2.24, 2.45) is 0 Å². The second-order valence-electron chi connectivity index (χ2n) is 4.97. The zero-order valence-corrected chi connectivity index (χ0v) is 12.0. The largest absolute Gasteiger partial charge is 0.388 e. The van der Waals surface area contributed by atoms with Crippen LogP contribution in [0.2, 0.25) is 0 Å². The quantitative estimate of drug-likeness (QED) is 0.818. The SMILES string of the molecule is N#Cc1ccc(C(O)CSc2n[nH]c(=O)n2C2CC2)cc1. The first kappa shape index (κ1) is 13.9. The van der Waals surface area contributed by atoms with Crippen molar-refractivity contribution in [2.75, 3.05) is 5.75 Å². The van der Waals surface area contributed by atoms with E-state index in [1.807, 2.05) is 6.07 Å². The molecule has 3 rings (SSSR count).